The van der Waals surface area contributed by atoms with E-state index in [1.807, 2.05) is 82.3 Å². The fourth-order valence-corrected chi connectivity index (χ4v) is 11.9. The summed E-state index contributed by atoms with van der Waals surface area (Å²) in [6.45, 7) is 23.1. The largest absolute Gasteiger partial charge is 0.379 e. The summed E-state index contributed by atoms with van der Waals surface area (Å²) < 4.78 is 10.0. The number of fused-ring (bicyclic) bond motifs is 2. The molecule has 87 heavy (non-hydrogen) atoms. The molecule has 5 heterocycles. The van der Waals surface area contributed by atoms with Gasteiger partial charge in [0, 0.05) is 68.1 Å². The predicted molar refractivity (Wildman–Crippen MR) is 351 cm³/mol. The second-order valence-electron chi connectivity index (χ2n) is 22.9. The zero-order valence-corrected chi connectivity index (χ0v) is 51.4. The van der Waals surface area contributed by atoms with Crippen LogP contribution in [0.3, 0.4) is 0 Å². The number of carbonyl (C=O) groups excluding carboxylic acids is 2. The minimum absolute atomic E-state index is 0.0554. The Bertz CT molecular complexity index is 4250. The summed E-state index contributed by atoms with van der Waals surface area (Å²) in [5, 5.41) is 6.31. The first-order valence-electron chi connectivity index (χ1n) is 30.4. The molecule has 12 nitrogen and oxygen atoms in total. The molecule has 440 valence electrons. The standard InChI is InChI=1S/C38H36N4O.C37H41N5O2/c1-5-35-41-36-26(3)21-27(4)40-37(36)42(35)24-28-15-17-30(18-16-28)34-22-31(29-12-7-6-8-13-29)19-20-32(34)23-39-38(43)33-14-10-9-11-25(33)2;1-5-34-40-35-26(3)20-27(4)39-36(35)42(34)24-28-10-13-30(14-11-28)33-21-29(23-41-16-18-44-19-17-41)12-15-31(33)22-38-37(43)32-9-7-6-8-25(32)2/h6-22H,5,23-24H2,1-4H3,(H,39,43);6-15,20-21H,5,16-19,22-24H2,1-4H3,(H,38,43). The normalized spacial score (nSPS) is 12.5. The highest BCUT2D eigenvalue weighted by atomic mass is 16.5. The van der Waals surface area contributed by atoms with E-state index in [0.29, 0.717) is 37.3 Å². The van der Waals surface area contributed by atoms with Crippen LogP contribution in [0.2, 0.25) is 0 Å². The average molecular weight is 1150 g/mol. The molecule has 0 radical (unpaired) electrons. The number of aryl methyl sites for hydroxylation is 8. The lowest BCUT2D eigenvalue weighted by molar-refractivity contribution is 0.0342. The Kier molecular flexibility index (Phi) is 18.4. The van der Waals surface area contributed by atoms with Gasteiger partial charge in [0.25, 0.3) is 11.8 Å². The third kappa shape index (κ3) is 13.7. The van der Waals surface area contributed by atoms with Crippen LogP contribution in [0.4, 0.5) is 0 Å². The van der Waals surface area contributed by atoms with Crippen molar-refractivity contribution in [2.45, 2.75) is 101 Å². The second-order valence-corrected chi connectivity index (χ2v) is 22.9. The molecule has 1 saturated heterocycles. The van der Waals surface area contributed by atoms with E-state index in [2.05, 4.69) is 174 Å². The molecule has 0 bridgehead atoms. The van der Waals surface area contributed by atoms with E-state index in [1.54, 1.807) is 0 Å². The zero-order valence-electron chi connectivity index (χ0n) is 51.4. The van der Waals surface area contributed by atoms with Gasteiger partial charge < -0.3 is 24.5 Å². The van der Waals surface area contributed by atoms with Crippen LogP contribution in [0.5, 0.6) is 0 Å². The number of rotatable bonds is 17. The molecule has 0 unspecified atom stereocenters. The molecular formula is C75H77N9O3. The number of morpholine rings is 1. The molecule has 12 heteroatoms. The van der Waals surface area contributed by atoms with Crippen LogP contribution >= 0.6 is 0 Å². The van der Waals surface area contributed by atoms with Gasteiger partial charge in [-0.15, -0.1) is 0 Å². The molecule has 2 N–H and O–H groups in total. The van der Waals surface area contributed by atoms with Gasteiger partial charge in [0.1, 0.15) is 22.7 Å². The molecule has 1 fully saturated rings. The van der Waals surface area contributed by atoms with Crippen molar-refractivity contribution in [3.05, 3.63) is 260 Å². The summed E-state index contributed by atoms with van der Waals surface area (Å²) in [7, 11) is 0. The predicted octanol–water partition coefficient (Wildman–Crippen LogP) is 14.6. The van der Waals surface area contributed by atoms with E-state index in [-0.39, 0.29) is 11.8 Å². The molecule has 0 saturated carbocycles. The molecule has 0 spiro atoms. The van der Waals surface area contributed by atoms with Crippen LogP contribution in [0.15, 0.2) is 176 Å². The maximum atomic E-state index is 13.1. The van der Waals surface area contributed by atoms with E-state index in [0.717, 1.165) is 158 Å². The number of nitrogens with one attached hydrogen (secondary N) is 2. The third-order valence-electron chi connectivity index (χ3n) is 16.6. The van der Waals surface area contributed by atoms with E-state index in [1.165, 1.54) is 16.7 Å². The Labute approximate surface area is 511 Å². The molecule has 11 aromatic rings. The fourth-order valence-electron chi connectivity index (χ4n) is 11.9. The van der Waals surface area contributed by atoms with Gasteiger partial charge in [-0.05, 0) is 161 Å². The van der Waals surface area contributed by atoms with Crippen LogP contribution < -0.4 is 10.6 Å². The van der Waals surface area contributed by atoms with Gasteiger partial charge in [0.2, 0.25) is 0 Å². The minimum Gasteiger partial charge on any atom is -0.379 e. The van der Waals surface area contributed by atoms with Crippen molar-refractivity contribution in [3.8, 4) is 33.4 Å². The molecule has 0 aliphatic carbocycles. The number of aromatic nitrogens is 6. The number of amides is 2. The van der Waals surface area contributed by atoms with E-state index >= 15 is 0 Å². The van der Waals surface area contributed by atoms with Crippen LogP contribution in [0.1, 0.15) is 108 Å². The molecule has 1 aliphatic heterocycles. The van der Waals surface area contributed by atoms with Gasteiger partial charge >= 0.3 is 0 Å². The SMILES string of the molecule is CCc1nc2c(C)cc(C)nc2n1Cc1ccc(-c2cc(-c3ccccc3)ccc2CNC(=O)c2ccccc2C)cc1.CCc1nc2c(C)cc(C)nc2n1Cc1ccc(-c2cc(CN3CCOCC3)ccc2CNC(=O)c2ccccc2C)cc1. The van der Waals surface area contributed by atoms with Crippen LogP contribution in [-0.4, -0.2) is 72.1 Å². The lowest BCUT2D eigenvalue weighted by Crippen LogP contribution is -2.35. The molecule has 7 aromatic carbocycles. The monoisotopic (exact) mass is 1150 g/mol. The third-order valence-corrected chi connectivity index (χ3v) is 16.6. The van der Waals surface area contributed by atoms with Crippen molar-refractivity contribution in [1.82, 2.24) is 44.6 Å². The summed E-state index contributed by atoms with van der Waals surface area (Å²) in [5.74, 6) is 1.97. The van der Waals surface area contributed by atoms with Crippen molar-refractivity contribution in [2.24, 2.45) is 0 Å². The second kappa shape index (κ2) is 26.9. The van der Waals surface area contributed by atoms with Gasteiger partial charge in [0.15, 0.2) is 11.3 Å². The number of hydrogen-bond acceptors (Lipinski definition) is 8. The molecule has 12 rings (SSSR count). The van der Waals surface area contributed by atoms with Gasteiger partial charge in [0.05, 0.1) is 26.3 Å². The number of pyridine rings is 2. The van der Waals surface area contributed by atoms with Crippen LogP contribution in [0, 0.1) is 41.5 Å². The molecule has 2 amide bonds. The number of ether oxygens (including phenoxy) is 1. The summed E-state index contributed by atoms with van der Waals surface area (Å²) in [6.07, 6.45) is 1.69. The highest BCUT2D eigenvalue weighted by Gasteiger charge is 2.19. The minimum atomic E-state index is -0.0649. The molecule has 0 atom stereocenters. The van der Waals surface area contributed by atoms with E-state index in [4.69, 9.17) is 24.7 Å². The molecule has 4 aromatic heterocycles. The smallest absolute Gasteiger partial charge is 0.251 e. The first kappa shape index (κ1) is 59.4. The number of nitrogens with zero attached hydrogens (tertiary/aromatic N) is 7. The Hall–Kier alpha value is -9.36. The van der Waals surface area contributed by atoms with Gasteiger partial charge in [-0.3, -0.25) is 14.5 Å². The first-order chi connectivity index (χ1) is 42.3. The van der Waals surface area contributed by atoms with Crippen molar-refractivity contribution >= 4 is 34.1 Å². The van der Waals surface area contributed by atoms with Gasteiger partial charge in [-0.25, -0.2) is 19.9 Å². The van der Waals surface area contributed by atoms with Crippen molar-refractivity contribution < 1.29 is 14.3 Å². The Morgan fingerprint density at radius 1 is 0.437 bits per heavy atom. The molecular weight excluding hydrogens is 1070 g/mol. The maximum absolute atomic E-state index is 13.1. The highest BCUT2D eigenvalue weighted by Crippen LogP contribution is 2.32. The topological polar surface area (TPSA) is 132 Å². The number of imidazole rings is 2. The van der Waals surface area contributed by atoms with E-state index in [9.17, 15) is 9.59 Å². The molecule has 1 aliphatic rings. The highest BCUT2D eigenvalue weighted by molar-refractivity contribution is 5.96. The maximum Gasteiger partial charge on any atom is 0.251 e. The van der Waals surface area contributed by atoms with Crippen LogP contribution in [0.25, 0.3) is 55.7 Å². The van der Waals surface area contributed by atoms with E-state index < -0.39 is 0 Å². The zero-order chi connectivity index (χ0) is 60.6. The van der Waals surface area contributed by atoms with Crippen molar-refractivity contribution in [3.63, 3.8) is 0 Å². The summed E-state index contributed by atoms with van der Waals surface area (Å²) >= 11 is 0. The van der Waals surface area contributed by atoms with Crippen molar-refractivity contribution in [2.75, 3.05) is 26.3 Å². The van der Waals surface area contributed by atoms with Gasteiger partial charge in [-0.1, -0.05) is 153 Å². The summed E-state index contributed by atoms with van der Waals surface area (Å²) in [5.41, 5.74) is 24.1. The fraction of sp³-hybridized carbons (Fsp3) is 0.253. The summed E-state index contributed by atoms with van der Waals surface area (Å²) in [6, 6.07) is 60.7. The lowest BCUT2D eigenvalue weighted by Gasteiger charge is -2.27. The van der Waals surface area contributed by atoms with Crippen LogP contribution in [-0.2, 0) is 50.3 Å². The number of benzene rings is 7. The number of carbonyl (C=O) groups is 2. The quantitative estimate of drug-likeness (QED) is 0.0921. The Balaban J connectivity index is 0.000000180. The van der Waals surface area contributed by atoms with Crippen molar-refractivity contribution in [1.29, 1.82) is 0 Å². The van der Waals surface area contributed by atoms with Gasteiger partial charge in [-0.2, -0.15) is 0 Å². The Morgan fingerprint density at radius 3 is 1.36 bits per heavy atom. The summed E-state index contributed by atoms with van der Waals surface area (Å²) in [4.78, 5) is 48.1. The average Bonchev–Trinajstić information content (AvgIpc) is 2.48. The Morgan fingerprint density at radius 2 is 0.874 bits per heavy atom. The first-order valence-corrected chi connectivity index (χ1v) is 30.4. The lowest BCUT2D eigenvalue weighted by atomic mass is 9.94. The number of hydrogen-bond donors (Lipinski definition) is 2.